The van der Waals surface area contributed by atoms with Crippen molar-refractivity contribution in [1.29, 1.82) is 0 Å². The van der Waals surface area contributed by atoms with Crippen LogP contribution in [0, 0.1) is 15.9 Å². The molecule has 1 aliphatic rings. The maximum atomic E-state index is 14.4. The molecule has 16 heteroatoms. The van der Waals surface area contributed by atoms with E-state index in [0.717, 1.165) is 40.2 Å². The molecule has 5 aromatic rings. The zero-order valence-corrected chi connectivity index (χ0v) is 28.0. The Bertz CT molecular complexity index is 2280. The van der Waals surface area contributed by atoms with Gasteiger partial charge in [0.05, 0.1) is 52.7 Å². The number of hydrogen-bond acceptors (Lipinski definition) is 9. The van der Waals surface area contributed by atoms with Crippen LogP contribution in [0.2, 0.25) is 0 Å². The van der Waals surface area contributed by atoms with Crippen LogP contribution >= 0.6 is 0 Å². The fourth-order valence-electron chi connectivity index (χ4n) is 5.81. The summed E-state index contributed by atoms with van der Waals surface area (Å²) in [5.41, 5.74) is 0.528. The summed E-state index contributed by atoms with van der Waals surface area (Å²) in [7, 11) is -2.65. The molecule has 6 rings (SSSR count). The monoisotopic (exact) mass is 714 g/mol. The van der Waals surface area contributed by atoms with Crippen LogP contribution < -0.4 is 15.6 Å². The third kappa shape index (κ3) is 7.46. The van der Waals surface area contributed by atoms with Crippen LogP contribution in [0.25, 0.3) is 16.6 Å². The number of nitrogens with zero attached hydrogens (tertiary/aromatic N) is 5. The molecule has 2 amide bonds. The normalized spacial score (nSPS) is 14.3. The van der Waals surface area contributed by atoms with E-state index in [4.69, 9.17) is 9.72 Å². The number of benzene rings is 4. The highest BCUT2D eigenvalue weighted by Gasteiger charge is 2.34. The number of halogens is 1. The highest BCUT2D eigenvalue weighted by molar-refractivity contribution is 7.89. The average molecular weight is 715 g/mol. The molecule has 1 fully saturated rings. The number of amides is 2. The van der Waals surface area contributed by atoms with Crippen LogP contribution in [0.1, 0.15) is 17.4 Å². The topological polar surface area (TPSA) is 174 Å². The first kappa shape index (κ1) is 34.8. The van der Waals surface area contributed by atoms with E-state index in [2.05, 4.69) is 5.32 Å². The Kier molecular flexibility index (Phi) is 9.88. The molecule has 1 aromatic heterocycles. The molecule has 14 nitrogen and oxygen atoms in total. The minimum absolute atomic E-state index is 0.0904. The summed E-state index contributed by atoms with van der Waals surface area (Å²) in [6.45, 7) is -1.20. The molecule has 51 heavy (non-hydrogen) atoms. The first-order valence-corrected chi connectivity index (χ1v) is 17.1. The SMILES string of the molecule is COc1ccc(-n2c([C@H](Cc3ccccc3)NC(=O)CN3CCN(S(=O)(=O)c4ccc([N+](=O)[O-])cc4)CC3=O)nc3cc(F)ccc3c2=O)cc1. The Morgan fingerprint density at radius 1 is 1.00 bits per heavy atom. The Morgan fingerprint density at radius 3 is 2.35 bits per heavy atom. The second kappa shape index (κ2) is 14.5. The van der Waals surface area contributed by atoms with Crippen LogP contribution in [0.15, 0.2) is 107 Å². The molecule has 2 heterocycles. The number of sulfonamides is 1. The maximum absolute atomic E-state index is 14.4. The van der Waals surface area contributed by atoms with Crippen molar-refractivity contribution in [2.24, 2.45) is 0 Å². The predicted molar refractivity (Wildman–Crippen MR) is 183 cm³/mol. The number of aromatic nitrogens is 2. The lowest BCUT2D eigenvalue weighted by atomic mass is 10.0. The molecule has 0 radical (unpaired) electrons. The maximum Gasteiger partial charge on any atom is 0.269 e. The van der Waals surface area contributed by atoms with Gasteiger partial charge in [0.15, 0.2) is 0 Å². The number of nitro groups is 1. The van der Waals surface area contributed by atoms with Gasteiger partial charge in [-0.2, -0.15) is 4.31 Å². The average Bonchev–Trinajstić information content (AvgIpc) is 3.12. The van der Waals surface area contributed by atoms with Crippen LogP contribution in [0.4, 0.5) is 10.1 Å². The van der Waals surface area contributed by atoms with Crippen molar-refractivity contribution in [2.75, 3.05) is 33.3 Å². The van der Waals surface area contributed by atoms with Gasteiger partial charge in [0.1, 0.15) is 17.4 Å². The van der Waals surface area contributed by atoms with Gasteiger partial charge in [0.25, 0.3) is 11.2 Å². The van der Waals surface area contributed by atoms with Crippen molar-refractivity contribution >= 4 is 38.4 Å². The van der Waals surface area contributed by atoms with Gasteiger partial charge in [-0.1, -0.05) is 30.3 Å². The lowest BCUT2D eigenvalue weighted by Gasteiger charge is -2.33. The lowest BCUT2D eigenvalue weighted by Crippen LogP contribution is -2.54. The van der Waals surface area contributed by atoms with E-state index < -0.39 is 57.3 Å². The Hall–Kier alpha value is -6.00. The third-order valence-corrected chi connectivity index (χ3v) is 10.3. The molecule has 0 aliphatic carbocycles. The van der Waals surface area contributed by atoms with E-state index in [0.29, 0.717) is 11.4 Å². The van der Waals surface area contributed by atoms with Crippen LogP contribution in [0.3, 0.4) is 0 Å². The molecule has 4 aromatic carbocycles. The van der Waals surface area contributed by atoms with Gasteiger partial charge in [-0.3, -0.25) is 29.1 Å². The molecule has 1 aliphatic heterocycles. The van der Waals surface area contributed by atoms with E-state index in [-0.39, 0.29) is 46.8 Å². The largest absolute Gasteiger partial charge is 0.497 e. The van der Waals surface area contributed by atoms with Crippen molar-refractivity contribution in [3.8, 4) is 11.4 Å². The summed E-state index contributed by atoms with van der Waals surface area (Å²) >= 11 is 0. The molecule has 1 atom stereocenters. The summed E-state index contributed by atoms with van der Waals surface area (Å²) < 4.78 is 48.3. The number of carbonyl (C=O) groups excluding carboxylic acids is 2. The molecule has 0 bridgehead atoms. The van der Waals surface area contributed by atoms with E-state index >= 15 is 0 Å². The fraction of sp³-hybridized carbons (Fsp3) is 0.200. The summed E-state index contributed by atoms with van der Waals surface area (Å²) in [5.74, 6) is -1.17. The van der Waals surface area contributed by atoms with Gasteiger partial charge in [-0.25, -0.2) is 17.8 Å². The second-order valence-electron chi connectivity index (χ2n) is 11.7. The molecular formula is C35H31FN6O8S. The highest BCUT2D eigenvalue weighted by atomic mass is 32.2. The van der Waals surface area contributed by atoms with E-state index in [1.807, 2.05) is 30.3 Å². The van der Waals surface area contributed by atoms with Gasteiger partial charge in [-0.05, 0) is 60.5 Å². The standard InChI is InChI=1S/C35H31FN6O8S/c1-50-27-12-8-25(9-13-27)41-34(38-30-20-24(36)7-16-29(30)35(41)45)31(19-23-5-3-2-4-6-23)37-32(43)21-39-17-18-40(22-33(39)44)51(48,49)28-14-10-26(11-15-28)42(46)47/h2-16,20,31H,17-19,21-22H2,1H3,(H,37,43)/t31-/m0/s1. The molecule has 0 saturated carbocycles. The van der Waals surface area contributed by atoms with E-state index in [1.165, 1.54) is 28.7 Å². The fourth-order valence-corrected chi connectivity index (χ4v) is 7.19. The van der Waals surface area contributed by atoms with E-state index in [1.54, 1.807) is 24.3 Å². The lowest BCUT2D eigenvalue weighted by molar-refractivity contribution is -0.384. The molecule has 0 spiro atoms. The number of methoxy groups -OCH3 is 1. The number of nitrogens with one attached hydrogen (secondary N) is 1. The second-order valence-corrected chi connectivity index (χ2v) is 13.6. The third-order valence-electron chi connectivity index (χ3n) is 8.42. The molecule has 262 valence electrons. The number of fused-ring (bicyclic) bond motifs is 1. The molecular weight excluding hydrogens is 683 g/mol. The van der Waals surface area contributed by atoms with Gasteiger partial charge in [0.2, 0.25) is 21.8 Å². The van der Waals surface area contributed by atoms with Crippen molar-refractivity contribution in [1.82, 2.24) is 24.1 Å². The number of carbonyl (C=O) groups is 2. The number of piperazine rings is 1. The van der Waals surface area contributed by atoms with Crippen LogP contribution in [-0.2, 0) is 26.0 Å². The number of ether oxygens (including phenoxy) is 1. The predicted octanol–water partition coefficient (Wildman–Crippen LogP) is 3.37. The molecule has 0 unspecified atom stereocenters. The van der Waals surface area contributed by atoms with Crippen LogP contribution in [0.5, 0.6) is 5.75 Å². The zero-order valence-electron chi connectivity index (χ0n) is 27.1. The van der Waals surface area contributed by atoms with Gasteiger partial charge >= 0.3 is 0 Å². The minimum Gasteiger partial charge on any atom is -0.497 e. The molecule has 1 saturated heterocycles. The molecule has 1 N–H and O–H groups in total. The smallest absolute Gasteiger partial charge is 0.269 e. The zero-order chi connectivity index (χ0) is 36.3. The van der Waals surface area contributed by atoms with Crippen molar-refractivity contribution in [3.05, 3.63) is 135 Å². The summed E-state index contributed by atoms with van der Waals surface area (Å²) in [4.78, 5) is 56.9. The highest BCUT2D eigenvalue weighted by Crippen LogP contribution is 2.25. The number of non-ortho nitro benzene ring substituents is 1. The van der Waals surface area contributed by atoms with Gasteiger partial charge in [0, 0.05) is 31.3 Å². The van der Waals surface area contributed by atoms with Crippen LogP contribution in [-0.4, -0.2) is 77.2 Å². The number of rotatable bonds is 11. The van der Waals surface area contributed by atoms with E-state index in [9.17, 15) is 37.3 Å². The van der Waals surface area contributed by atoms with Crippen molar-refractivity contribution < 1.29 is 32.1 Å². The first-order valence-electron chi connectivity index (χ1n) is 15.7. The Balaban J connectivity index is 1.28. The Labute approximate surface area is 290 Å². The van der Waals surface area contributed by atoms with Crippen molar-refractivity contribution in [3.63, 3.8) is 0 Å². The van der Waals surface area contributed by atoms with Crippen molar-refractivity contribution in [2.45, 2.75) is 17.4 Å². The Morgan fingerprint density at radius 2 is 1.71 bits per heavy atom. The number of hydrogen-bond donors (Lipinski definition) is 1. The number of nitro benzene ring substituents is 1. The summed E-state index contributed by atoms with van der Waals surface area (Å²) in [5, 5.41) is 14.0. The summed E-state index contributed by atoms with van der Waals surface area (Å²) in [6, 6.07) is 22.8. The minimum atomic E-state index is -4.15. The summed E-state index contributed by atoms with van der Waals surface area (Å²) in [6.07, 6.45) is 0.172. The van der Waals surface area contributed by atoms with Gasteiger partial charge < -0.3 is 15.0 Å². The quantitative estimate of drug-likeness (QED) is 0.159. The first-order chi connectivity index (χ1) is 24.4. The van der Waals surface area contributed by atoms with Gasteiger partial charge in [-0.15, -0.1) is 0 Å².